The molecule has 0 saturated heterocycles. The SMILES string of the molecule is Cc1ccc(NC(=O)NCCCN)cc1F. The molecular formula is C11H16FN3O. The number of benzene rings is 1. The van der Waals surface area contributed by atoms with Crippen LogP contribution in [0.3, 0.4) is 0 Å². The third kappa shape index (κ3) is 3.86. The van der Waals surface area contributed by atoms with Crippen molar-refractivity contribution in [2.75, 3.05) is 18.4 Å². The van der Waals surface area contributed by atoms with Crippen LogP contribution in [0.2, 0.25) is 0 Å². The molecule has 0 spiro atoms. The van der Waals surface area contributed by atoms with Crippen LogP contribution in [0.15, 0.2) is 18.2 Å². The second kappa shape index (κ2) is 6.07. The average Bonchev–Trinajstić information content (AvgIpc) is 2.24. The Bertz CT molecular complexity index is 368. The third-order valence-corrected chi connectivity index (χ3v) is 2.10. The number of anilines is 1. The van der Waals surface area contributed by atoms with Crippen molar-refractivity contribution in [2.24, 2.45) is 5.73 Å². The lowest BCUT2D eigenvalue weighted by Gasteiger charge is -2.07. The first-order valence-electron chi connectivity index (χ1n) is 5.14. The molecule has 0 radical (unpaired) electrons. The Hall–Kier alpha value is -1.62. The van der Waals surface area contributed by atoms with Crippen molar-refractivity contribution < 1.29 is 9.18 Å². The van der Waals surface area contributed by atoms with Crippen LogP contribution >= 0.6 is 0 Å². The largest absolute Gasteiger partial charge is 0.338 e. The Morgan fingerprint density at radius 3 is 2.88 bits per heavy atom. The molecule has 0 heterocycles. The first kappa shape index (κ1) is 12.4. The van der Waals surface area contributed by atoms with Crippen LogP contribution in [0.25, 0.3) is 0 Å². The van der Waals surface area contributed by atoms with Gasteiger partial charge in [0, 0.05) is 12.2 Å². The molecule has 0 saturated carbocycles. The maximum absolute atomic E-state index is 13.1. The van der Waals surface area contributed by atoms with E-state index >= 15 is 0 Å². The van der Waals surface area contributed by atoms with Crippen LogP contribution < -0.4 is 16.4 Å². The van der Waals surface area contributed by atoms with Gasteiger partial charge >= 0.3 is 6.03 Å². The number of halogens is 1. The number of amides is 2. The number of carbonyl (C=O) groups is 1. The molecule has 0 aliphatic carbocycles. The molecule has 4 N–H and O–H groups in total. The molecule has 0 aliphatic heterocycles. The summed E-state index contributed by atoms with van der Waals surface area (Å²) in [6, 6.07) is 4.21. The summed E-state index contributed by atoms with van der Waals surface area (Å²) >= 11 is 0. The molecule has 0 aliphatic rings. The van der Waals surface area contributed by atoms with E-state index in [0.29, 0.717) is 24.3 Å². The summed E-state index contributed by atoms with van der Waals surface area (Å²) in [5.41, 5.74) is 6.27. The number of nitrogens with one attached hydrogen (secondary N) is 2. The van der Waals surface area contributed by atoms with Crippen molar-refractivity contribution in [2.45, 2.75) is 13.3 Å². The molecule has 5 heteroatoms. The minimum absolute atomic E-state index is 0.334. The van der Waals surface area contributed by atoms with Gasteiger partial charge in [-0.2, -0.15) is 0 Å². The highest BCUT2D eigenvalue weighted by molar-refractivity contribution is 5.89. The normalized spacial score (nSPS) is 9.94. The monoisotopic (exact) mass is 225 g/mol. The Morgan fingerprint density at radius 1 is 1.50 bits per heavy atom. The van der Waals surface area contributed by atoms with E-state index < -0.39 is 0 Å². The summed E-state index contributed by atoms with van der Waals surface area (Å²) in [7, 11) is 0. The van der Waals surface area contributed by atoms with E-state index in [-0.39, 0.29) is 11.8 Å². The van der Waals surface area contributed by atoms with E-state index in [4.69, 9.17) is 5.73 Å². The van der Waals surface area contributed by atoms with Gasteiger partial charge in [0.1, 0.15) is 5.82 Å². The second-order valence-electron chi connectivity index (χ2n) is 3.49. The predicted octanol–water partition coefficient (Wildman–Crippen LogP) is 1.60. The van der Waals surface area contributed by atoms with Gasteiger partial charge in [0.15, 0.2) is 0 Å². The smallest absolute Gasteiger partial charge is 0.319 e. The zero-order chi connectivity index (χ0) is 12.0. The van der Waals surface area contributed by atoms with Gasteiger partial charge in [-0.05, 0) is 37.6 Å². The van der Waals surface area contributed by atoms with E-state index in [1.807, 2.05) is 0 Å². The maximum Gasteiger partial charge on any atom is 0.319 e. The van der Waals surface area contributed by atoms with Crippen molar-refractivity contribution in [1.82, 2.24) is 5.32 Å². The van der Waals surface area contributed by atoms with Crippen LogP contribution in [-0.2, 0) is 0 Å². The van der Waals surface area contributed by atoms with Crippen LogP contribution in [0.4, 0.5) is 14.9 Å². The molecule has 4 nitrogen and oxygen atoms in total. The van der Waals surface area contributed by atoms with Gasteiger partial charge in [-0.15, -0.1) is 0 Å². The summed E-state index contributed by atoms with van der Waals surface area (Å²) in [5, 5.41) is 5.15. The fraction of sp³-hybridized carbons (Fsp3) is 0.364. The van der Waals surface area contributed by atoms with Gasteiger partial charge in [0.2, 0.25) is 0 Å². The van der Waals surface area contributed by atoms with Gasteiger partial charge in [0.05, 0.1) is 0 Å². The summed E-state index contributed by atoms with van der Waals surface area (Å²) in [5.74, 6) is -0.334. The second-order valence-corrected chi connectivity index (χ2v) is 3.49. The third-order valence-electron chi connectivity index (χ3n) is 2.10. The lowest BCUT2D eigenvalue weighted by molar-refractivity contribution is 0.252. The quantitative estimate of drug-likeness (QED) is 0.681. The van der Waals surface area contributed by atoms with Gasteiger partial charge < -0.3 is 16.4 Å². The Kier molecular flexibility index (Phi) is 4.72. The lowest BCUT2D eigenvalue weighted by Crippen LogP contribution is -2.30. The Balaban J connectivity index is 2.46. The fourth-order valence-corrected chi connectivity index (χ4v) is 1.15. The average molecular weight is 225 g/mol. The zero-order valence-corrected chi connectivity index (χ0v) is 9.22. The molecule has 0 atom stereocenters. The maximum atomic E-state index is 13.1. The van der Waals surface area contributed by atoms with Crippen molar-refractivity contribution in [3.8, 4) is 0 Å². The van der Waals surface area contributed by atoms with Crippen molar-refractivity contribution >= 4 is 11.7 Å². The summed E-state index contributed by atoms with van der Waals surface area (Å²) in [6.45, 7) is 2.70. The lowest BCUT2D eigenvalue weighted by atomic mass is 10.2. The minimum Gasteiger partial charge on any atom is -0.338 e. The Labute approximate surface area is 94.0 Å². The topological polar surface area (TPSA) is 67.2 Å². The Morgan fingerprint density at radius 2 is 2.25 bits per heavy atom. The zero-order valence-electron chi connectivity index (χ0n) is 9.22. The summed E-state index contributed by atoms with van der Waals surface area (Å²) in [4.78, 5) is 11.3. The van der Waals surface area contributed by atoms with Crippen molar-refractivity contribution in [3.63, 3.8) is 0 Å². The van der Waals surface area contributed by atoms with Crippen LogP contribution in [-0.4, -0.2) is 19.1 Å². The first-order chi connectivity index (χ1) is 7.63. The highest BCUT2D eigenvalue weighted by Crippen LogP contribution is 2.13. The molecule has 1 rings (SSSR count). The predicted molar refractivity (Wildman–Crippen MR) is 61.8 cm³/mol. The first-order valence-corrected chi connectivity index (χ1v) is 5.14. The van der Waals surface area contributed by atoms with Gasteiger partial charge in [-0.25, -0.2) is 9.18 Å². The van der Waals surface area contributed by atoms with Crippen molar-refractivity contribution in [1.29, 1.82) is 0 Å². The number of nitrogens with two attached hydrogens (primary N) is 1. The molecule has 1 aromatic rings. The standard InChI is InChI=1S/C11H16FN3O/c1-8-3-4-9(7-10(8)12)15-11(16)14-6-2-5-13/h3-4,7H,2,5-6,13H2,1H3,(H2,14,15,16). The van der Waals surface area contributed by atoms with Crippen LogP contribution in [0.5, 0.6) is 0 Å². The number of urea groups is 1. The van der Waals surface area contributed by atoms with Gasteiger partial charge in [-0.1, -0.05) is 6.07 Å². The van der Waals surface area contributed by atoms with E-state index in [1.54, 1.807) is 19.1 Å². The molecule has 0 fully saturated rings. The van der Waals surface area contributed by atoms with Crippen LogP contribution in [0, 0.1) is 12.7 Å². The van der Waals surface area contributed by atoms with E-state index in [2.05, 4.69) is 10.6 Å². The number of aryl methyl sites for hydroxylation is 1. The number of carbonyl (C=O) groups excluding carboxylic acids is 1. The molecule has 0 bridgehead atoms. The highest BCUT2D eigenvalue weighted by Gasteiger charge is 2.03. The van der Waals surface area contributed by atoms with Crippen LogP contribution in [0.1, 0.15) is 12.0 Å². The molecule has 88 valence electrons. The summed E-state index contributed by atoms with van der Waals surface area (Å²) in [6.07, 6.45) is 0.718. The molecule has 0 aromatic heterocycles. The number of hydrogen-bond donors (Lipinski definition) is 3. The molecule has 1 aromatic carbocycles. The summed E-state index contributed by atoms with van der Waals surface area (Å²) < 4.78 is 13.1. The van der Waals surface area contributed by atoms with Crippen molar-refractivity contribution in [3.05, 3.63) is 29.6 Å². The number of rotatable bonds is 4. The molecule has 0 unspecified atom stereocenters. The van der Waals surface area contributed by atoms with Gasteiger partial charge in [-0.3, -0.25) is 0 Å². The molecule has 16 heavy (non-hydrogen) atoms. The minimum atomic E-state index is -0.350. The number of hydrogen-bond acceptors (Lipinski definition) is 2. The van der Waals surface area contributed by atoms with E-state index in [1.165, 1.54) is 6.07 Å². The van der Waals surface area contributed by atoms with E-state index in [0.717, 1.165) is 6.42 Å². The van der Waals surface area contributed by atoms with E-state index in [9.17, 15) is 9.18 Å². The molecular weight excluding hydrogens is 209 g/mol. The fourth-order valence-electron chi connectivity index (χ4n) is 1.15. The molecule has 2 amide bonds. The highest BCUT2D eigenvalue weighted by atomic mass is 19.1. The van der Waals surface area contributed by atoms with Gasteiger partial charge in [0.25, 0.3) is 0 Å².